The fourth-order valence-corrected chi connectivity index (χ4v) is 3.26. The van der Waals surface area contributed by atoms with Gasteiger partial charge in [0.15, 0.2) is 0 Å². The van der Waals surface area contributed by atoms with E-state index in [4.69, 9.17) is 4.74 Å². The maximum absolute atomic E-state index is 13.0. The molecule has 6 nitrogen and oxygen atoms in total. The quantitative estimate of drug-likeness (QED) is 0.654. The number of nitrogens with one attached hydrogen (secondary N) is 1. The Morgan fingerprint density at radius 1 is 1.00 bits per heavy atom. The topological polar surface area (TPSA) is 61.9 Å². The van der Waals surface area contributed by atoms with E-state index in [2.05, 4.69) is 10.2 Å². The molecule has 2 aromatic rings. The Morgan fingerprint density at radius 3 is 2.36 bits per heavy atom. The van der Waals surface area contributed by atoms with Crippen molar-refractivity contribution in [3.05, 3.63) is 71.2 Å². The van der Waals surface area contributed by atoms with E-state index in [1.54, 1.807) is 18.2 Å². The zero-order chi connectivity index (χ0) is 19.5. The molecule has 4 rings (SSSR count). The summed E-state index contributed by atoms with van der Waals surface area (Å²) in [4.78, 5) is 28.1. The number of halogens is 1. The van der Waals surface area contributed by atoms with Crippen molar-refractivity contribution in [2.24, 2.45) is 0 Å². The summed E-state index contributed by atoms with van der Waals surface area (Å²) in [6.45, 7) is 3.24. The van der Waals surface area contributed by atoms with Gasteiger partial charge in [-0.1, -0.05) is 24.3 Å². The number of imide groups is 1. The van der Waals surface area contributed by atoms with E-state index in [9.17, 15) is 14.0 Å². The van der Waals surface area contributed by atoms with Crippen LogP contribution in [0.2, 0.25) is 0 Å². The van der Waals surface area contributed by atoms with Crippen molar-refractivity contribution >= 4 is 23.7 Å². The normalized spacial score (nSPS) is 18.7. The van der Waals surface area contributed by atoms with Crippen LogP contribution in [0.4, 0.5) is 14.9 Å². The highest BCUT2D eigenvalue weighted by molar-refractivity contribution is 6.13. The Kier molecular flexibility index (Phi) is 5.08. The van der Waals surface area contributed by atoms with Crippen LogP contribution < -0.4 is 10.2 Å². The molecule has 0 aliphatic carbocycles. The minimum Gasteiger partial charge on any atom is -0.378 e. The molecule has 0 unspecified atom stereocenters. The molecule has 144 valence electrons. The average molecular weight is 381 g/mol. The molecule has 28 heavy (non-hydrogen) atoms. The molecule has 2 fully saturated rings. The molecule has 0 spiro atoms. The maximum Gasteiger partial charge on any atom is 0.329 e. The standard InChI is InChI=1S/C21H20FN3O3/c22-17-5-1-16(2-6-17)14-25-20(26)19(23-21(25)27)13-15-3-7-18(8-4-15)24-9-11-28-12-10-24/h1-8,13H,9-12,14H2,(H,23,27)/b19-13-. The lowest BCUT2D eigenvalue weighted by molar-refractivity contribution is -0.123. The zero-order valence-electron chi connectivity index (χ0n) is 15.2. The maximum atomic E-state index is 13.0. The molecule has 0 saturated carbocycles. The fourth-order valence-electron chi connectivity index (χ4n) is 3.26. The summed E-state index contributed by atoms with van der Waals surface area (Å²) in [5, 5.41) is 2.61. The van der Waals surface area contributed by atoms with Crippen molar-refractivity contribution in [2.45, 2.75) is 6.54 Å². The SMILES string of the molecule is O=C1N/C(=C\c2ccc(N3CCOCC3)cc2)C(=O)N1Cc1ccc(F)cc1. The van der Waals surface area contributed by atoms with Gasteiger partial charge in [0, 0.05) is 18.8 Å². The predicted molar refractivity (Wildman–Crippen MR) is 103 cm³/mol. The van der Waals surface area contributed by atoms with Crippen molar-refractivity contribution in [1.82, 2.24) is 10.2 Å². The molecular formula is C21H20FN3O3. The second kappa shape index (κ2) is 7.82. The number of urea groups is 1. The van der Waals surface area contributed by atoms with Gasteiger partial charge in [-0.05, 0) is 41.5 Å². The Bertz CT molecular complexity index is 903. The number of carbonyl (C=O) groups excluding carboxylic acids is 2. The van der Waals surface area contributed by atoms with Crippen molar-refractivity contribution in [1.29, 1.82) is 0 Å². The molecule has 2 aliphatic heterocycles. The van der Waals surface area contributed by atoms with Crippen molar-refractivity contribution in [2.75, 3.05) is 31.2 Å². The van der Waals surface area contributed by atoms with Gasteiger partial charge in [-0.15, -0.1) is 0 Å². The number of ether oxygens (including phenoxy) is 1. The van der Waals surface area contributed by atoms with Gasteiger partial charge in [0.2, 0.25) is 0 Å². The highest BCUT2D eigenvalue weighted by Crippen LogP contribution is 2.20. The number of hydrogen-bond acceptors (Lipinski definition) is 4. The van der Waals surface area contributed by atoms with Crippen LogP contribution >= 0.6 is 0 Å². The molecule has 1 N–H and O–H groups in total. The van der Waals surface area contributed by atoms with Gasteiger partial charge in [-0.2, -0.15) is 0 Å². The van der Waals surface area contributed by atoms with E-state index < -0.39 is 11.9 Å². The highest BCUT2D eigenvalue weighted by atomic mass is 19.1. The number of rotatable bonds is 4. The summed E-state index contributed by atoms with van der Waals surface area (Å²) in [6, 6.07) is 13.1. The van der Waals surface area contributed by atoms with Crippen LogP contribution in [0.3, 0.4) is 0 Å². The Balaban J connectivity index is 1.46. The van der Waals surface area contributed by atoms with E-state index in [1.807, 2.05) is 24.3 Å². The molecule has 3 amide bonds. The molecule has 0 atom stereocenters. The van der Waals surface area contributed by atoms with Crippen LogP contribution in [-0.4, -0.2) is 43.1 Å². The Labute approximate surface area is 162 Å². The zero-order valence-corrected chi connectivity index (χ0v) is 15.2. The van der Waals surface area contributed by atoms with Gasteiger partial charge in [-0.3, -0.25) is 9.69 Å². The summed E-state index contributed by atoms with van der Waals surface area (Å²) >= 11 is 0. The Hall–Kier alpha value is -3.19. The predicted octanol–water partition coefficient (Wildman–Crippen LogP) is 2.76. The van der Waals surface area contributed by atoms with Crippen LogP contribution in [0.1, 0.15) is 11.1 Å². The molecule has 2 aliphatic rings. The number of benzene rings is 2. The first kappa shape index (κ1) is 18.2. The largest absolute Gasteiger partial charge is 0.378 e. The van der Waals surface area contributed by atoms with Crippen molar-refractivity contribution in [3.63, 3.8) is 0 Å². The summed E-state index contributed by atoms with van der Waals surface area (Å²) in [5.74, 6) is -0.756. The Morgan fingerprint density at radius 2 is 1.68 bits per heavy atom. The molecule has 0 radical (unpaired) electrons. The van der Waals surface area contributed by atoms with Gasteiger partial charge in [0.1, 0.15) is 11.5 Å². The number of amides is 3. The van der Waals surface area contributed by atoms with E-state index in [1.165, 1.54) is 12.1 Å². The lowest BCUT2D eigenvalue weighted by atomic mass is 10.1. The summed E-state index contributed by atoms with van der Waals surface area (Å²) in [5.41, 5.74) is 2.83. The van der Waals surface area contributed by atoms with Gasteiger partial charge in [0.05, 0.1) is 19.8 Å². The van der Waals surface area contributed by atoms with Crippen LogP contribution in [-0.2, 0) is 16.1 Å². The van der Waals surface area contributed by atoms with Gasteiger partial charge in [-0.25, -0.2) is 9.18 Å². The number of hydrogen-bond donors (Lipinski definition) is 1. The smallest absolute Gasteiger partial charge is 0.329 e. The van der Waals surface area contributed by atoms with Gasteiger partial charge in [0.25, 0.3) is 5.91 Å². The first-order valence-corrected chi connectivity index (χ1v) is 9.12. The van der Waals surface area contributed by atoms with E-state index in [0.717, 1.165) is 42.5 Å². The summed E-state index contributed by atoms with van der Waals surface area (Å²) in [6.07, 6.45) is 1.66. The number of carbonyl (C=O) groups is 2. The third kappa shape index (κ3) is 3.89. The third-order valence-corrected chi connectivity index (χ3v) is 4.80. The number of anilines is 1. The molecule has 2 saturated heterocycles. The molecule has 2 heterocycles. The average Bonchev–Trinajstić information content (AvgIpc) is 2.98. The molecule has 0 aromatic heterocycles. The molecule has 7 heteroatoms. The van der Waals surface area contributed by atoms with Crippen molar-refractivity contribution < 1.29 is 18.7 Å². The molecule has 0 bridgehead atoms. The number of nitrogens with zero attached hydrogens (tertiary/aromatic N) is 2. The second-order valence-corrected chi connectivity index (χ2v) is 6.70. The minimum atomic E-state index is -0.481. The van der Waals surface area contributed by atoms with Gasteiger partial charge < -0.3 is 15.0 Å². The number of morpholine rings is 1. The van der Waals surface area contributed by atoms with Crippen LogP contribution in [0, 0.1) is 5.82 Å². The van der Waals surface area contributed by atoms with E-state index in [0.29, 0.717) is 5.56 Å². The molecule has 2 aromatic carbocycles. The van der Waals surface area contributed by atoms with Gasteiger partial charge >= 0.3 is 6.03 Å². The van der Waals surface area contributed by atoms with E-state index >= 15 is 0 Å². The summed E-state index contributed by atoms with van der Waals surface area (Å²) < 4.78 is 18.4. The fraction of sp³-hybridized carbons (Fsp3) is 0.238. The minimum absolute atomic E-state index is 0.0955. The molecular weight excluding hydrogens is 361 g/mol. The summed E-state index contributed by atoms with van der Waals surface area (Å²) in [7, 11) is 0. The first-order valence-electron chi connectivity index (χ1n) is 9.12. The highest BCUT2D eigenvalue weighted by Gasteiger charge is 2.33. The monoisotopic (exact) mass is 381 g/mol. The van der Waals surface area contributed by atoms with Crippen LogP contribution in [0.5, 0.6) is 0 Å². The first-order chi connectivity index (χ1) is 13.6. The van der Waals surface area contributed by atoms with E-state index in [-0.39, 0.29) is 18.1 Å². The third-order valence-electron chi connectivity index (χ3n) is 4.80. The van der Waals surface area contributed by atoms with Crippen molar-refractivity contribution in [3.8, 4) is 0 Å². The van der Waals surface area contributed by atoms with Crippen LogP contribution in [0.15, 0.2) is 54.2 Å². The lowest BCUT2D eigenvalue weighted by Crippen LogP contribution is -2.36. The lowest BCUT2D eigenvalue weighted by Gasteiger charge is -2.28. The van der Waals surface area contributed by atoms with Crippen LogP contribution in [0.25, 0.3) is 6.08 Å². The second-order valence-electron chi connectivity index (χ2n) is 6.70.